The minimum absolute atomic E-state index is 0.0277. The van der Waals surface area contributed by atoms with Gasteiger partial charge in [0.25, 0.3) is 0 Å². The number of anilines is 2. The molecule has 0 bridgehead atoms. The molecule has 0 aromatic heterocycles. The molecule has 0 aliphatic carbocycles. The van der Waals surface area contributed by atoms with Crippen LogP contribution in [0.15, 0.2) is 30.8 Å². The third kappa shape index (κ3) is 2.84. The van der Waals surface area contributed by atoms with Gasteiger partial charge in [-0.1, -0.05) is 30.4 Å². The van der Waals surface area contributed by atoms with Gasteiger partial charge in [0.15, 0.2) is 17.9 Å². The van der Waals surface area contributed by atoms with E-state index >= 15 is 0 Å². The second-order valence-electron chi connectivity index (χ2n) is 4.82. The van der Waals surface area contributed by atoms with Crippen LogP contribution < -0.4 is 5.32 Å². The number of rotatable bonds is 4. The molecule has 1 N–H and O–H groups in total. The maximum Gasteiger partial charge on any atom is 0.183 e. The Balaban J connectivity index is 2.55. The van der Waals surface area contributed by atoms with Gasteiger partial charge in [-0.3, -0.25) is 4.79 Å². The first-order valence-corrected chi connectivity index (χ1v) is 6.41. The van der Waals surface area contributed by atoms with Crippen LogP contribution in [0.1, 0.15) is 27.0 Å². The molecule has 21 heavy (non-hydrogen) atoms. The molecular formula is C17H15F2NO. The van der Waals surface area contributed by atoms with Gasteiger partial charge in [0.1, 0.15) is 0 Å². The molecule has 2 rings (SSSR count). The maximum absolute atomic E-state index is 14.1. The monoisotopic (exact) mass is 287 g/mol. The molecule has 2 nitrogen and oxygen atoms in total. The number of hydrogen-bond donors (Lipinski definition) is 1. The number of halogens is 2. The number of carbonyl (C=O) groups is 1. The Morgan fingerprint density at radius 2 is 1.81 bits per heavy atom. The fraction of sp³-hybridized carbons (Fsp3) is 0.118. The molecule has 0 saturated carbocycles. The van der Waals surface area contributed by atoms with Gasteiger partial charge in [-0.25, -0.2) is 8.78 Å². The highest BCUT2D eigenvalue weighted by Crippen LogP contribution is 2.30. The molecule has 0 radical (unpaired) electrons. The van der Waals surface area contributed by atoms with Gasteiger partial charge in [-0.05, 0) is 31.5 Å². The van der Waals surface area contributed by atoms with Crippen molar-refractivity contribution >= 4 is 23.7 Å². The van der Waals surface area contributed by atoms with Crippen molar-refractivity contribution in [2.75, 3.05) is 5.32 Å². The predicted molar refractivity (Wildman–Crippen MR) is 81.0 cm³/mol. The fourth-order valence-electron chi connectivity index (χ4n) is 2.13. The molecule has 0 amide bonds. The molecule has 0 fully saturated rings. The van der Waals surface area contributed by atoms with Gasteiger partial charge in [0.05, 0.1) is 11.3 Å². The zero-order valence-corrected chi connectivity index (χ0v) is 11.8. The van der Waals surface area contributed by atoms with Crippen molar-refractivity contribution in [3.8, 4) is 0 Å². The minimum atomic E-state index is -1.16. The van der Waals surface area contributed by atoms with Crippen molar-refractivity contribution in [3.63, 3.8) is 0 Å². The Hall–Kier alpha value is -2.49. The van der Waals surface area contributed by atoms with E-state index in [0.717, 1.165) is 11.1 Å². The smallest absolute Gasteiger partial charge is 0.183 e. The highest BCUT2D eigenvalue weighted by Gasteiger charge is 2.17. The normalized spacial score (nSPS) is 10.3. The summed E-state index contributed by atoms with van der Waals surface area (Å²) in [6.45, 7) is 7.39. The van der Waals surface area contributed by atoms with E-state index in [-0.39, 0.29) is 17.5 Å². The average Bonchev–Trinajstić information content (AvgIpc) is 2.46. The lowest BCUT2D eigenvalue weighted by Gasteiger charge is -2.15. The molecule has 0 saturated heterocycles. The van der Waals surface area contributed by atoms with E-state index in [1.807, 2.05) is 26.0 Å². The molecular weight excluding hydrogens is 272 g/mol. The lowest BCUT2D eigenvalue weighted by Crippen LogP contribution is -2.04. The molecule has 0 aliphatic rings. The van der Waals surface area contributed by atoms with Crippen molar-refractivity contribution in [1.29, 1.82) is 0 Å². The van der Waals surface area contributed by atoms with Crippen LogP contribution in [0, 0.1) is 25.5 Å². The number of hydrogen-bond acceptors (Lipinski definition) is 2. The van der Waals surface area contributed by atoms with Crippen LogP contribution in [0.25, 0.3) is 6.08 Å². The molecule has 2 aromatic rings. The van der Waals surface area contributed by atoms with E-state index in [0.29, 0.717) is 11.3 Å². The second kappa shape index (κ2) is 5.87. The van der Waals surface area contributed by atoms with E-state index in [2.05, 4.69) is 11.9 Å². The Morgan fingerprint density at radius 3 is 2.38 bits per heavy atom. The van der Waals surface area contributed by atoms with Gasteiger partial charge < -0.3 is 5.32 Å². The number of carbonyl (C=O) groups excluding carboxylic acids is 1. The van der Waals surface area contributed by atoms with Gasteiger partial charge in [0.2, 0.25) is 0 Å². The van der Waals surface area contributed by atoms with Crippen LogP contribution in [0.3, 0.4) is 0 Å². The summed E-state index contributed by atoms with van der Waals surface area (Å²) in [6.07, 6.45) is 1.66. The Labute approximate surface area is 122 Å². The zero-order chi connectivity index (χ0) is 15.6. The summed E-state index contributed by atoms with van der Waals surface area (Å²) >= 11 is 0. The number of nitrogens with one attached hydrogen (secondary N) is 1. The third-order valence-electron chi connectivity index (χ3n) is 3.25. The van der Waals surface area contributed by atoms with Gasteiger partial charge in [-0.15, -0.1) is 0 Å². The largest absolute Gasteiger partial charge is 0.352 e. The lowest BCUT2D eigenvalue weighted by molar-refractivity contribution is 0.111. The Kier molecular flexibility index (Phi) is 4.17. The summed E-state index contributed by atoms with van der Waals surface area (Å²) < 4.78 is 27.9. The second-order valence-corrected chi connectivity index (χ2v) is 4.82. The first-order valence-electron chi connectivity index (χ1n) is 6.41. The van der Waals surface area contributed by atoms with Crippen LogP contribution in [0.5, 0.6) is 0 Å². The lowest BCUT2D eigenvalue weighted by atomic mass is 10.1. The van der Waals surface area contributed by atoms with Gasteiger partial charge >= 0.3 is 0 Å². The summed E-state index contributed by atoms with van der Waals surface area (Å²) in [4.78, 5) is 10.7. The Bertz CT molecular complexity index is 723. The van der Waals surface area contributed by atoms with E-state index in [1.54, 1.807) is 6.07 Å². The fourth-order valence-corrected chi connectivity index (χ4v) is 2.13. The number of aryl methyl sites for hydroxylation is 2. The predicted octanol–water partition coefficient (Wildman–Crippen LogP) is 4.78. The molecule has 0 atom stereocenters. The minimum Gasteiger partial charge on any atom is -0.352 e. The number of benzene rings is 2. The molecule has 0 unspecified atom stereocenters. The van der Waals surface area contributed by atoms with Crippen LogP contribution in [-0.2, 0) is 0 Å². The van der Waals surface area contributed by atoms with Crippen LogP contribution in [0.2, 0.25) is 0 Å². The molecule has 0 spiro atoms. The van der Waals surface area contributed by atoms with E-state index < -0.39 is 11.6 Å². The summed E-state index contributed by atoms with van der Waals surface area (Å²) in [7, 11) is 0. The summed E-state index contributed by atoms with van der Waals surface area (Å²) in [5.41, 5.74) is 2.62. The number of aldehydes is 1. The van der Waals surface area contributed by atoms with E-state index in [4.69, 9.17) is 0 Å². The highest BCUT2D eigenvalue weighted by molar-refractivity contribution is 5.82. The summed E-state index contributed by atoms with van der Waals surface area (Å²) in [5, 5.41) is 2.88. The molecule has 0 aliphatic heterocycles. The van der Waals surface area contributed by atoms with Crippen LogP contribution in [0.4, 0.5) is 20.2 Å². The van der Waals surface area contributed by atoms with Crippen LogP contribution in [-0.4, -0.2) is 6.29 Å². The molecule has 4 heteroatoms. The summed E-state index contributed by atoms with van der Waals surface area (Å²) in [5.74, 6) is -2.25. The van der Waals surface area contributed by atoms with Crippen molar-refractivity contribution in [3.05, 3.63) is 64.7 Å². The van der Waals surface area contributed by atoms with Crippen molar-refractivity contribution < 1.29 is 13.6 Å². The van der Waals surface area contributed by atoms with E-state index in [9.17, 15) is 13.6 Å². The maximum atomic E-state index is 14.1. The standard InChI is InChI=1S/C17H15F2NO/c1-4-12-8-13(9-21)15(18)16(19)17(12)20-14-6-5-10(2)7-11(14)3/h4-9,20H,1H2,2-3H3. The van der Waals surface area contributed by atoms with Gasteiger partial charge in [-0.2, -0.15) is 0 Å². The zero-order valence-electron chi connectivity index (χ0n) is 11.8. The Morgan fingerprint density at radius 1 is 1.10 bits per heavy atom. The van der Waals surface area contributed by atoms with Crippen LogP contribution >= 0.6 is 0 Å². The first-order chi connectivity index (χ1) is 9.97. The molecule has 0 heterocycles. The quantitative estimate of drug-likeness (QED) is 0.820. The summed E-state index contributed by atoms with van der Waals surface area (Å²) in [6, 6.07) is 6.87. The topological polar surface area (TPSA) is 29.1 Å². The molecule has 108 valence electrons. The van der Waals surface area contributed by atoms with Crippen molar-refractivity contribution in [1.82, 2.24) is 0 Å². The SMILES string of the molecule is C=Cc1cc(C=O)c(F)c(F)c1Nc1ccc(C)cc1C. The average molecular weight is 287 g/mol. The van der Waals surface area contributed by atoms with Crippen molar-refractivity contribution in [2.24, 2.45) is 0 Å². The molecule has 2 aromatic carbocycles. The van der Waals surface area contributed by atoms with Gasteiger partial charge in [0, 0.05) is 11.3 Å². The third-order valence-corrected chi connectivity index (χ3v) is 3.25. The van der Waals surface area contributed by atoms with E-state index in [1.165, 1.54) is 12.1 Å². The first kappa shape index (κ1) is 14.9. The van der Waals surface area contributed by atoms with Crippen molar-refractivity contribution in [2.45, 2.75) is 13.8 Å². The highest BCUT2D eigenvalue weighted by atomic mass is 19.2.